The molecule has 1 amide bonds. The van der Waals surface area contributed by atoms with E-state index in [2.05, 4.69) is 21.9 Å². The highest BCUT2D eigenvalue weighted by Crippen LogP contribution is 2.42. The van der Waals surface area contributed by atoms with Gasteiger partial charge in [-0.25, -0.2) is 8.42 Å². The number of likely N-dealkylation sites (tertiary alicyclic amines) is 1. The van der Waals surface area contributed by atoms with Crippen LogP contribution in [0, 0.1) is 12.8 Å². The Labute approximate surface area is 300 Å². The molecule has 6 rings (SSSR count). The second-order valence-electron chi connectivity index (χ2n) is 13.7. The van der Waals surface area contributed by atoms with Gasteiger partial charge in [-0.2, -0.15) is 4.72 Å². The highest BCUT2D eigenvalue weighted by molar-refractivity contribution is 7.89. The van der Waals surface area contributed by atoms with Crippen molar-refractivity contribution in [1.82, 2.24) is 14.9 Å². The maximum atomic E-state index is 13.5. The zero-order valence-corrected chi connectivity index (χ0v) is 29.8. The Kier molecular flexibility index (Phi) is 12.0. The predicted molar refractivity (Wildman–Crippen MR) is 194 cm³/mol. The molecule has 2 aliphatic heterocycles. The van der Waals surface area contributed by atoms with Gasteiger partial charge in [-0.1, -0.05) is 103 Å². The van der Waals surface area contributed by atoms with Crippen LogP contribution < -0.4 is 10.0 Å². The molecule has 0 radical (unpaired) electrons. The SMILES string of the molecule is Cc1ccc(S(=O)(=O)N[C@H](Cc2ccccc2)C(=O)NCc2ccc([C@H]3O[C@@H](CN4CC[C@H](O)C4)[C@@H](C)[C@@H](c4ccc(CO)cc4)O3)cc2)cc1. The van der Waals surface area contributed by atoms with Gasteiger partial charge in [0.05, 0.1) is 29.8 Å². The average Bonchev–Trinajstić information content (AvgIpc) is 3.56. The van der Waals surface area contributed by atoms with Crippen LogP contribution in [0.1, 0.15) is 59.1 Å². The first kappa shape index (κ1) is 36.8. The maximum absolute atomic E-state index is 13.5. The summed E-state index contributed by atoms with van der Waals surface area (Å²) in [6.45, 7) is 6.27. The fourth-order valence-corrected chi connectivity index (χ4v) is 7.87. The summed E-state index contributed by atoms with van der Waals surface area (Å²) < 4.78 is 42.3. The van der Waals surface area contributed by atoms with Crippen LogP contribution in [-0.4, -0.2) is 67.3 Å². The predicted octanol–water partition coefficient (Wildman–Crippen LogP) is 4.55. The molecule has 270 valence electrons. The molecule has 2 fully saturated rings. The molecule has 11 heteroatoms. The Hall–Kier alpha value is -3.94. The Bertz CT molecular complexity index is 1840. The van der Waals surface area contributed by atoms with Crippen molar-refractivity contribution in [3.63, 3.8) is 0 Å². The number of aryl methyl sites for hydroxylation is 1. The topological polar surface area (TPSA) is 137 Å². The van der Waals surface area contributed by atoms with Crippen molar-refractivity contribution >= 4 is 15.9 Å². The van der Waals surface area contributed by atoms with Crippen molar-refractivity contribution in [2.45, 2.75) is 75.4 Å². The summed E-state index contributed by atoms with van der Waals surface area (Å²) in [4.78, 5) is 15.9. The largest absolute Gasteiger partial charge is 0.392 e. The molecule has 4 N–H and O–H groups in total. The Morgan fingerprint density at radius 1 is 0.882 bits per heavy atom. The number of benzene rings is 4. The van der Waals surface area contributed by atoms with Gasteiger partial charge < -0.3 is 25.0 Å². The number of aliphatic hydroxyl groups excluding tert-OH is 2. The third-order valence-electron chi connectivity index (χ3n) is 9.76. The normalized spacial score (nSPS) is 23.2. The van der Waals surface area contributed by atoms with E-state index in [9.17, 15) is 23.4 Å². The Morgan fingerprint density at radius 3 is 2.20 bits per heavy atom. The molecular weight excluding hydrogens is 667 g/mol. The monoisotopic (exact) mass is 713 g/mol. The van der Waals surface area contributed by atoms with Crippen LogP contribution in [0.2, 0.25) is 0 Å². The van der Waals surface area contributed by atoms with E-state index in [4.69, 9.17) is 9.47 Å². The van der Waals surface area contributed by atoms with Crippen LogP contribution in [0.15, 0.2) is 108 Å². The highest BCUT2D eigenvalue weighted by atomic mass is 32.2. The van der Waals surface area contributed by atoms with Crippen molar-refractivity contribution in [3.8, 4) is 0 Å². The minimum Gasteiger partial charge on any atom is -0.392 e. The first-order valence-electron chi connectivity index (χ1n) is 17.5. The first-order chi connectivity index (χ1) is 24.6. The number of amides is 1. The van der Waals surface area contributed by atoms with E-state index in [0.29, 0.717) is 13.1 Å². The lowest BCUT2D eigenvalue weighted by Gasteiger charge is -2.42. The number of carbonyl (C=O) groups is 1. The van der Waals surface area contributed by atoms with E-state index in [0.717, 1.165) is 46.3 Å². The zero-order valence-electron chi connectivity index (χ0n) is 29.0. The van der Waals surface area contributed by atoms with Gasteiger partial charge in [-0.05, 0) is 54.2 Å². The molecule has 4 aromatic rings. The number of hydrogen-bond donors (Lipinski definition) is 4. The number of nitrogens with one attached hydrogen (secondary N) is 2. The van der Waals surface area contributed by atoms with Crippen LogP contribution in [0.3, 0.4) is 0 Å². The number of rotatable bonds is 13. The number of carbonyl (C=O) groups excluding carboxylic acids is 1. The summed E-state index contributed by atoms with van der Waals surface area (Å²) in [7, 11) is -3.95. The number of ether oxygens (including phenoxy) is 2. The fourth-order valence-electron chi connectivity index (χ4n) is 6.68. The molecule has 0 spiro atoms. The number of β-amino-alcohol motifs (C(OH)–C–C–N with tert-alkyl or cyclic N) is 1. The Balaban J connectivity index is 1.14. The lowest BCUT2D eigenvalue weighted by molar-refractivity contribution is -0.276. The molecule has 6 atom stereocenters. The zero-order chi connectivity index (χ0) is 36.0. The molecule has 2 aliphatic rings. The first-order valence-corrected chi connectivity index (χ1v) is 19.0. The van der Waals surface area contributed by atoms with Crippen molar-refractivity contribution in [1.29, 1.82) is 0 Å². The van der Waals surface area contributed by atoms with E-state index in [1.54, 1.807) is 12.1 Å². The lowest BCUT2D eigenvalue weighted by atomic mass is 9.90. The van der Waals surface area contributed by atoms with Gasteiger partial charge in [0, 0.05) is 37.7 Å². The summed E-state index contributed by atoms with van der Waals surface area (Å²) >= 11 is 0. The number of hydrogen-bond acceptors (Lipinski definition) is 8. The third kappa shape index (κ3) is 9.49. The van der Waals surface area contributed by atoms with Gasteiger partial charge >= 0.3 is 0 Å². The second kappa shape index (κ2) is 16.6. The third-order valence-corrected chi connectivity index (χ3v) is 11.2. The number of nitrogens with zero attached hydrogens (tertiary/aromatic N) is 1. The number of aliphatic hydroxyl groups is 2. The highest BCUT2D eigenvalue weighted by Gasteiger charge is 2.40. The van der Waals surface area contributed by atoms with Crippen molar-refractivity contribution in [2.75, 3.05) is 19.6 Å². The van der Waals surface area contributed by atoms with Gasteiger partial charge in [0.25, 0.3) is 0 Å². The average molecular weight is 714 g/mol. The molecule has 10 nitrogen and oxygen atoms in total. The molecule has 0 saturated carbocycles. The number of sulfonamides is 1. The van der Waals surface area contributed by atoms with Gasteiger partial charge in [-0.3, -0.25) is 9.69 Å². The van der Waals surface area contributed by atoms with E-state index in [1.807, 2.05) is 85.8 Å². The molecule has 0 unspecified atom stereocenters. The molecule has 0 aromatic heterocycles. The quantitative estimate of drug-likeness (QED) is 0.159. The standard InChI is InChI=1S/C40H47N3O7S/c1-27-8-18-35(19-9-27)51(47,48)42-36(22-29-6-4-3-5-7-29)39(46)41-23-30-10-16-33(17-11-30)40-49-37(25-43-21-20-34(45)24-43)28(2)38(50-40)32-14-12-31(26-44)13-15-32/h3-19,28,34,36-38,40,42,44-45H,20-26H2,1-2H3,(H,41,46)/t28-,34+,36-,37+,38+,40+/m1/s1. The molecule has 51 heavy (non-hydrogen) atoms. The van der Waals surface area contributed by atoms with Crippen molar-refractivity contribution < 1.29 is 32.9 Å². The van der Waals surface area contributed by atoms with Crippen molar-refractivity contribution in [3.05, 3.63) is 137 Å². The van der Waals surface area contributed by atoms with Gasteiger partial charge in [0.15, 0.2) is 6.29 Å². The summed E-state index contributed by atoms with van der Waals surface area (Å²) in [6.07, 6.45) is -0.438. The van der Waals surface area contributed by atoms with Crippen LogP contribution >= 0.6 is 0 Å². The summed E-state index contributed by atoms with van der Waals surface area (Å²) in [5.74, 6) is -0.405. The van der Waals surface area contributed by atoms with E-state index < -0.39 is 28.3 Å². The van der Waals surface area contributed by atoms with Gasteiger partial charge in [-0.15, -0.1) is 0 Å². The summed E-state index contributed by atoms with van der Waals surface area (Å²) in [6, 6.07) is 30.2. The fraction of sp³-hybridized carbons (Fsp3) is 0.375. The summed E-state index contributed by atoms with van der Waals surface area (Å²) in [5, 5.41) is 22.6. The summed E-state index contributed by atoms with van der Waals surface area (Å²) in [5.41, 5.74) is 5.25. The molecule has 0 aliphatic carbocycles. The van der Waals surface area contributed by atoms with Crippen LogP contribution in [0.5, 0.6) is 0 Å². The molecule has 4 aromatic carbocycles. The lowest BCUT2D eigenvalue weighted by Crippen LogP contribution is -2.47. The molecular formula is C40H47N3O7S. The maximum Gasteiger partial charge on any atom is 0.241 e. The van der Waals surface area contributed by atoms with E-state index in [1.165, 1.54) is 12.1 Å². The van der Waals surface area contributed by atoms with Crippen LogP contribution in [0.25, 0.3) is 0 Å². The minimum atomic E-state index is -3.95. The minimum absolute atomic E-state index is 0.0284. The van der Waals surface area contributed by atoms with Gasteiger partial charge in [0.2, 0.25) is 15.9 Å². The second-order valence-corrected chi connectivity index (χ2v) is 15.4. The molecule has 0 bridgehead atoms. The van der Waals surface area contributed by atoms with Gasteiger partial charge in [0.1, 0.15) is 6.04 Å². The van der Waals surface area contributed by atoms with Crippen molar-refractivity contribution in [2.24, 2.45) is 5.92 Å². The van der Waals surface area contributed by atoms with E-state index in [-0.39, 0.29) is 48.7 Å². The molecule has 2 saturated heterocycles. The smallest absolute Gasteiger partial charge is 0.241 e. The van der Waals surface area contributed by atoms with Crippen LogP contribution in [-0.2, 0) is 43.9 Å². The van der Waals surface area contributed by atoms with E-state index >= 15 is 0 Å². The molecule has 2 heterocycles. The van der Waals surface area contributed by atoms with Crippen LogP contribution in [0.4, 0.5) is 0 Å². The Morgan fingerprint density at radius 2 is 1.55 bits per heavy atom.